The molecule has 5 heteroatoms. The van der Waals surface area contributed by atoms with Gasteiger partial charge in [0.05, 0.1) is 23.1 Å². The number of nitrogens with one attached hydrogen (secondary N) is 1. The summed E-state index contributed by atoms with van der Waals surface area (Å²) in [5, 5.41) is 8.80. The molecule has 98 valence electrons. The van der Waals surface area contributed by atoms with Crippen LogP contribution in [-0.4, -0.2) is 14.2 Å². The van der Waals surface area contributed by atoms with Crippen LogP contribution in [0.5, 0.6) is 0 Å². The number of anilines is 1. The third-order valence-electron chi connectivity index (χ3n) is 2.60. The molecule has 4 nitrogen and oxygen atoms in total. The van der Waals surface area contributed by atoms with Crippen molar-refractivity contribution in [2.24, 2.45) is 5.92 Å². The van der Waals surface area contributed by atoms with Crippen LogP contribution in [0.4, 0.5) is 5.69 Å². The molecule has 0 bridgehead atoms. The van der Waals surface area contributed by atoms with Crippen molar-refractivity contribution < 1.29 is 8.42 Å². The second-order valence-corrected chi connectivity index (χ2v) is 6.59. The molecule has 18 heavy (non-hydrogen) atoms. The molecular weight excluding hydrogens is 248 g/mol. The van der Waals surface area contributed by atoms with E-state index in [4.69, 9.17) is 5.26 Å². The molecular formula is C13H18N2O2S. The zero-order valence-electron chi connectivity index (χ0n) is 10.9. The minimum atomic E-state index is -3.34. The minimum absolute atomic E-state index is 0.0981. The van der Waals surface area contributed by atoms with E-state index in [1.54, 1.807) is 25.1 Å². The van der Waals surface area contributed by atoms with E-state index in [2.05, 4.69) is 4.72 Å². The molecule has 1 N–H and O–H groups in total. The first kappa shape index (κ1) is 14.5. The topological polar surface area (TPSA) is 70.0 Å². The van der Waals surface area contributed by atoms with Crippen molar-refractivity contribution in [1.29, 1.82) is 5.26 Å². The first-order chi connectivity index (χ1) is 8.34. The standard InChI is InChI=1S/C13H18N2O2S/c1-10(2)6-7-18(16,17)15-13-8-12(9-14)5-4-11(13)3/h4-5,8,10,15H,6-7H2,1-3H3. The Hall–Kier alpha value is -1.54. The minimum Gasteiger partial charge on any atom is -0.283 e. The number of nitrogens with zero attached hydrogens (tertiary/aromatic N) is 1. The Bertz CT molecular complexity index is 557. The van der Waals surface area contributed by atoms with Crippen LogP contribution in [0.25, 0.3) is 0 Å². The van der Waals surface area contributed by atoms with Gasteiger partial charge in [0.15, 0.2) is 0 Å². The van der Waals surface area contributed by atoms with E-state index in [0.29, 0.717) is 23.6 Å². The van der Waals surface area contributed by atoms with Crippen LogP contribution < -0.4 is 4.72 Å². The second-order valence-electron chi connectivity index (χ2n) is 4.74. The molecule has 0 fully saturated rings. The van der Waals surface area contributed by atoms with Crippen LogP contribution in [0.1, 0.15) is 31.4 Å². The highest BCUT2D eigenvalue weighted by molar-refractivity contribution is 7.92. The van der Waals surface area contributed by atoms with E-state index in [1.807, 2.05) is 19.9 Å². The van der Waals surface area contributed by atoms with Crippen molar-refractivity contribution in [3.8, 4) is 6.07 Å². The average Bonchev–Trinajstić information content (AvgIpc) is 2.29. The van der Waals surface area contributed by atoms with Crippen LogP contribution >= 0.6 is 0 Å². The van der Waals surface area contributed by atoms with Gasteiger partial charge in [-0.05, 0) is 37.0 Å². The first-order valence-corrected chi connectivity index (χ1v) is 7.50. The van der Waals surface area contributed by atoms with E-state index in [9.17, 15) is 8.42 Å². The summed E-state index contributed by atoms with van der Waals surface area (Å²) >= 11 is 0. The molecule has 0 aliphatic heterocycles. The lowest BCUT2D eigenvalue weighted by Crippen LogP contribution is -2.18. The van der Waals surface area contributed by atoms with Crippen molar-refractivity contribution in [1.82, 2.24) is 0 Å². The Kier molecular flexibility index (Phi) is 4.74. The van der Waals surface area contributed by atoms with Gasteiger partial charge in [0.2, 0.25) is 10.0 Å². The maximum Gasteiger partial charge on any atom is 0.232 e. The molecule has 1 aromatic carbocycles. The molecule has 0 amide bonds. The molecule has 0 saturated carbocycles. The molecule has 0 aliphatic carbocycles. The van der Waals surface area contributed by atoms with Crippen molar-refractivity contribution in [3.63, 3.8) is 0 Å². The fourth-order valence-electron chi connectivity index (χ4n) is 1.41. The third-order valence-corrected chi connectivity index (χ3v) is 3.90. The van der Waals surface area contributed by atoms with Gasteiger partial charge >= 0.3 is 0 Å². The zero-order valence-corrected chi connectivity index (χ0v) is 11.7. The normalized spacial score (nSPS) is 11.3. The summed E-state index contributed by atoms with van der Waals surface area (Å²) in [7, 11) is -3.34. The fraction of sp³-hybridized carbons (Fsp3) is 0.462. The Morgan fingerprint density at radius 3 is 2.61 bits per heavy atom. The van der Waals surface area contributed by atoms with Crippen LogP contribution in [0.15, 0.2) is 18.2 Å². The maximum absolute atomic E-state index is 11.9. The number of aryl methyl sites for hydroxylation is 1. The smallest absolute Gasteiger partial charge is 0.232 e. The van der Waals surface area contributed by atoms with Gasteiger partial charge in [-0.15, -0.1) is 0 Å². The van der Waals surface area contributed by atoms with Crippen molar-refractivity contribution in [3.05, 3.63) is 29.3 Å². The van der Waals surface area contributed by atoms with E-state index >= 15 is 0 Å². The Balaban J connectivity index is 2.87. The summed E-state index contributed by atoms with van der Waals surface area (Å²) in [5.74, 6) is 0.439. The number of hydrogen-bond acceptors (Lipinski definition) is 3. The van der Waals surface area contributed by atoms with Crippen LogP contribution in [0.2, 0.25) is 0 Å². The lowest BCUT2D eigenvalue weighted by atomic mass is 10.1. The van der Waals surface area contributed by atoms with Gasteiger partial charge in [0, 0.05) is 0 Å². The molecule has 0 aromatic heterocycles. The first-order valence-electron chi connectivity index (χ1n) is 5.85. The van der Waals surface area contributed by atoms with E-state index in [0.717, 1.165) is 5.56 Å². The second kappa shape index (κ2) is 5.87. The number of rotatable bonds is 5. The molecule has 1 rings (SSSR count). The fourth-order valence-corrected chi connectivity index (χ4v) is 2.85. The summed E-state index contributed by atoms with van der Waals surface area (Å²) in [5.41, 5.74) is 1.74. The monoisotopic (exact) mass is 266 g/mol. The highest BCUT2D eigenvalue weighted by Gasteiger charge is 2.13. The Morgan fingerprint density at radius 2 is 2.06 bits per heavy atom. The molecule has 0 radical (unpaired) electrons. The van der Waals surface area contributed by atoms with Crippen LogP contribution in [0.3, 0.4) is 0 Å². The summed E-state index contributed by atoms with van der Waals surface area (Å²) in [6.45, 7) is 5.77. The van der Waals surface area contributed by atoms with Gasteiger partial charge in [0.1, 0.15) is 0 Å². The quantitative estimate of drug-likeness (QED) is 0.890. The summed E-state index contributed by atoms with van der Waals surface area (Å²) < 4.78 is 26.3. The number of hydrogen-bond donors (Lipinski definition) is 1. The predicted octanol–water partition coefficient (Wildman–Crippen LogP) is 2.65. The van der Waals surface area contributed by atoms with E-state index in [1.165, 1.54) is 0 Å². The van der Waals surface area contributed by atoms with E-state index in [-0.39, 0.29) is 5.75 Å². The van der Waals surface area contributed by atoms with Crippen LogP contribution in [-0.2, 0) is 10.0 Å². The van der Waals surface area contributed by atoms with Gasteiger partial charge in [-0.3, -0.25) is 4.72 Å². The van der Waals surface area contributed by atoms with Gasteiger partial charge in [-0.1, -0.05) is 19.9 Å². The van der Waals surface area contributed by atoms with Crippen molar-refractivity contribution >= 4 is 15.7 Å². The van der Waals surface area contributed by atoms with Crippen LogP contribution in [0, 0.1) is 24.2 Å². The molecule has 0 unspecified atom stereocenters. The van der Waals surface area contributed by atoms with Gasteiger partial charge in [-0.25, -0.2) is 8.42 Å². The van der Waals surface area contributed by atoms with Gasteiger partial charge in [-0.2, -0.15) is 5.26 Å². The van der Waals surface area contributed by atoms with Gasteiger partial charge in [0.25, 0.3) is 0 Å². The molecule has 0 saturated heterocycles. The molecule has 0 atom stereocenters. The highest BCUT2D eigenvalue weighted by atomic mass is 32.2. The summed E-state index contributed by atoms with van der Waals surface area (Å²) in [6.07, 6.45) is 0.617. The lowest BCUT2D eigenvalue weighted by molar-refractivity contribution is 0.578. The lowest BCUT2D eigenvalue weighted by Gasteiger charge is -2.11. The Morgan fingerprint density at radius 1 is 1.39 bits per heavy atom. The number of sulfonamides is 1. The number of benzene rings is 1. The largest absolute Gasteiger partial charge is 0.283 e. The molecule has 0 spiro atoms. The van der Waals surface area contributed by atoms with Crippen molar-refractivity contribution in [2.45, 2.75) is 27.2 Å². The SMILES string of the molecule is Cc1ccc(C#N)cc1NS(=O)(=O)CCC(C)C. The Labute approximate surface area is 109 Å². The molecule has 0 aliphatic rings. The molecule has 0 heterocycles. The third kappa shape index (κ3) is 4.38. The predicted molar refractivity (Wildman–Crippen MR) is 72.8 cm³/mol. The summed E-state index contributed by atoms with van der Waals surface area (Å²) in [4.78, 5) is 0. The highest BCUT2D eigenvalue weighted by Crippen LogP contribution is 2.18. The summed E-state index contributed by atoms with van der Waals surface area (Å²) in [6, 6.07) is 6.96. The molecule has 1 aromatic rings. The average molecular weight is 266 g/mol. The van der Waals surface area contributed by atoms with Crippen molar-refractivity contribution in [2.75, 3.05) is 10.5 Å². The van der Waals surface area contributed by atoms with Gasteiger partial charge < -0.3 is 0 Å². The maximum atomic E-state index is 11.9. The zero-order chi connectivity index (χ0) is 13.8. The number of nitriles is 1. The van der Waals surface area contributed by atoms with E-state index < -0.39 is 10.0 Å².